The van der Waals surface area contributed by atoms with Gasteiger partial charge in [-0.15, -0.1) is 0 Å². The van der Waals surface area contributed by atoms with Crippen LogP contribution in [-0.2, 0) is 16.6 Å². The number of rotatable bonds is 5. The van der Waals surface area contributed by atoms with Crippen molar-refractivity contribution >= 4 is 27.5 Å². The van der Waals surface area contributed by atoms with Gasteiger partial charge in [-0.3, -0.25) is 9.78 Å². The zero-order valence-electron chi connectivity index (χ0n) is 12.7. The molecule has 0 saturated heterocycles. The summed E-state index contributed by atoms with van der Waals surface area (Å²) in [5, 5.41) is 2.89. The first-order valence-electron chi connectivity index (χ1n) is 6.71. The van der Waals surface area contributed by atoms with Gasteiger partial charge in [0.15, 0.2) is 0 Å². The molecule has 0 aliphatic carbocycles. The third-order valence-corrected chi connectivity index (χ3v) is 5.30. The summed E-state index contributed by atoms with van der Waals surface area (Å²) in [5.41, 5.74) is 0.991. The summed E-state index contributed by atoms with van der Waals surface area (Å²) in [6.45, 7) is 0.294. The molecule has 0 spiro atoms. The molecule has 1 aromatic carbocycles. The molecule has 8 heteroatoms. The Morgan fingerprint density at radius 1 is 1.22 bits per heavy atom. The average Bonchev–Trinajstić information content (AvgIpc) is 2.53. The monoisotopic (exact) mass is 353 g/mol. The summed E-state index contributed by atoms with van der Waals surface area (Å²) >= 11 is 6.02. The first-order chi connectivity index (χ1) is 10.8. The number of sulfonamides is 1. The summed E-state index contributed by atoms with van der Waals surface area (Å²) in [6.07, 6.45) is 3.25. The minimum Gasteiger partial charge on any atom is -0.348 e. The highest BCUT2D eigenvalue weighted by atomic mass is 35.5. The molecule has 1 heterocycles. The molecule has 0 saturated carbocycles. The quantitative estimate of drug-likeness (QED) is 0.890. The van der Waals surface area contributed by atoms with Crippen molar-refractivity contribution in [2.45, 2.75) is 11.4 Å². The topological polar surface area (TPSA) is 79.4 Å². The predicted octanol–water partition coefficient (Wildman–Crippen LogP) is 1.92. The molecule has 0 aliphatic rings. The largest absolute Gasteiger partial charge is 0.348 e. The molecule has 0 radical (unpaired) electrons. The number of amides is 1. The van der Waals surface area contributed by atoms with Gasteiger partial charge < -0.3 is 5.32 Å². The fourth-order valence-electron chi connectivity index (χ4n) is 1.83. The van der Waals surface area contributed by atoms with Gasteiger partial charge >= 0.3 is 0 Å². The van der Waals surface area contributed by atoms with E-state index in [4.69, 9.17) is 11.6 Å². The van der Waals surface area contributed by atoms with Crippen molar-refractivity contribution < 1.29 is 13.2 Å². The van der Waals surface area contributed by atoms with E-state index in [9.17, 15) is 13.2 Å². The molecule has 2 aromatic rings. The van der Waals surface area contributed by atoms with Crippen LogP contribution < -0.4 is 5.32 Å². The number of hydrogen-bond acceptors (Lipinski definition) is 4. The molecule has 1 aromatic heterocycles. The molecule has 6 nitrogen and oxygen atoms in total. The third kappa shape index (κ3) is 4.07. The Balaban J connectivity index is 2.23. The Morgan fingerprint density at radius 3 is 2.48 bits per heavy atom. The molecule has 23 heavy (non-hydrogen) atoms. The summed E-state index contributed by atoms with van der Waals surface area (Å²) < 4.78 is 25.4. The lowest BCUT2D eigenvalue weighted by atomic mass is 10.2. The minimum atomic E-state index is -3.63. The lowest BCUT2D eigenvalue weighted by molar-refractivity contribution is 0.0951. The number of aromatic nitrogens is 1. The highest BCUT2D eigenvalue weighted by Gasteiger charge is 2.20. The van der Waals surface area contributed by atoms with E-state index in [0.29, 0.717) is 6.54 Å². The van der Waals surface area contributed by atoms with Gasteiger partial charge in [0.05, 0.1) is 15.5 Å². The number of pyridine rings is 1. The third-order valence-electron chi connectivity index (χ3n) is 3.16. The van der Waals surface area contributed by atoms with Crippen molar-refractivity contribution in [2.75, 3.05) is 14.1 Å². The fraction of sp³-hybridized carbons (Fsp3) is 0.200. The fourth-order valence-corrected chi connectivity index (χ4v) is 2.96. The SMILES string of the molecule is CN(C)S(=O)(=O)c1ccc(Cl)c(C(=O)NCc2ccncc2)c1. The minimum absolute atomic E-state index is 0.0148. The maximum absolute atomic E-state index is 12.3. The van der Waals surface area contributed by atoms with Crippen LogP contribution in [0.5, 0.6) is 0 Å². The van der Waals surface area contributed by atoms with Crippen LogP contribution in [0.4, 0.5) is 0 Å². The zero-order chi connectivity index (χ0) is 17.0. The van der Waals surface area contributed by atoms with Crippen LogP contribution in [0.1, 0.15) is 15.9 Å². The molecule has 2 rings (SSSR count). The van der Waals surface area contributed by atoms with E-state index < -0.39 is 15.9 Å². The number of halogens is 1. The molecular formula is C15H16ClN3O3S. The second-order valence-corrected chi connectivity index (χ2v) is 7.53. The van der Waals surface area contributed by atoms with Crippen LogP contribution in [0.2, 0.25) is 5.02 Å². The number of benzene rings is 1. The standard InChI is InChI=1S/C15H16ClN3O3S/c1-19(2)23(21,22)12-3-4-14(16)13(9-12)15(20)18-10-11-5-7-17-8-6-11/h3-9H,10H2,1-2H3,(H,18,20). The molecule has 0 atom stereocenters. The number of nitrogens with one attached hydrogen (secondary N) is 1. The number of hydrogen-bond donors (Lipinski definition) is 1. The van der Waals surface area contributed by atoms with Gasteiger partial charge in [0.1, 0.15) is 0 Å². The lowest BCUT2D eigenvalue weighted by Gasteiger charge is -2.13. The average molecular weight is 354 g/mol. The Hall–Kier alpha value is -1.96. The van der Waals surface area contributed by atoms with Crippen LogP contribution in [0.15, 0.2) is 47.6 Å². The molecule has 0 fully saturated rings. The Bertz CT molecular complexity index is 808. The van der Waals surface area contributed by atoms with Crippen molar-refractivity contribution in [3.8, 4) is 0 Å². The number of carbonyl (C=O) groups is 1. The van der Waals surface area contributed by atoms with Gasteiger partial charge in [0, 0.05) is 33.0 Å². The van der Waals surface area contributed by atoms with Crippen LogP contribution in [0, 0.1) is 0 Å². The summed E-state index contributed by atoms with van der Waals surface area (Å²) in [7, 11) is -0.783. The second-order valence-electron chi connectivity index (χ2n) is 4.97. The highest BCUT2D eigenvalue weighted by Crippen LogP contribution is 2.22. The Labute approximate surface area is 140 Å². The van der Waals surface area contributed by atoms with Crippen molar-refractivity contribution in [1.82, 2.24) is 14.6 Å². The molecule has 1 amide bonds. The number of nitrogens with zero attached hydrogens (tertiary/aromatic N) is 2. The second kappa shape index (κ2) is 7.08. The van der Waals surface area contributed by atoms with Crippen molar-refractivity contribution in [2.24, 2.45) is 0 Å². The highest BCUT2D eigenvalue weighted by molar-refractivity contribution is 7.89. The first kappa shape index (κ1) is 17.4. The van der Waals surface area contributed by atoms with E-state index in [1.54, 1.807) is 24.5 Å². The maximum atomic E-state index is 12.3. The first-order valence-corrected chi connectivity index (χ1v) is 8.53. The molecule has 1 N–H and O–H groups in total. The molecule has 0 aliphatic heterocycles. The van der Waals surface area contributed by atoms with Gasteiger partial charge in [-0.2, -0.15) is 0 Å². The van der Waals surface area contributed by atoms with Gasteiger partial charge in [-0.1, -0.05) is 11.6 Å². The molecule has 0 unspecified atom stereocenters. The van der Waals surface area contributed by atoms with E-state index in [1.165, 1.54) is 32.3 Å². The van der Waals surface area contributed by atoms with Crippen LogP contribution in [0.3, 0.4) is 0 Å². The summed E-state index contributed by atoms with van der Waals surface area (Å²) in [4.78, 5) is 16.2. The zero-order valence-corrected chi connectivity index (χ0v) is 14.2. The van der Waals surface area contributed by atoms with E-state index in [2.05, 4.69) is 10.3 Å². The van der Waals surface area contributed by atoms with Crippen LogP contribution >= 0.6 is 11.6 Å². The van der Waals surface area contributed by atoms with Gasteiger partial charge in [-0.05, 0) is 35.9 Å². The predicted molar refractivity (Wildman–Crippen MR) is 87.7 cm³/mol. The lowest BCUT2D eigenvalue weighted by Crippen LogP contribution is -2.25. The van der Waals surface area contributed by atoms with Gasteiger partial charge in [0.25, 0.3) is 5.91 Å². The maximum Gasteiger partial charge on any atom is 0.253 e. The number of carbonyl (C=O) groups excluding carboxylic acids is 1. The Morgan fingerprint density at radius 2 is 1.87 bits per heavy atom. The summed E-state index contributed by atoms with van der Waals surface area (Å²) in [5.74, 6) is -0.442. The smallest absolute Gasteiger partial charge is 0.253 e. The van der Waals surface area contributed by atoms with Crippen molar-refractivity contribution in [3.63, 3.8) is 0 Å². The van der Waals surface area contributed by atoms with Crippen LogP contribution in [0.25, 0.3) is 0 Å². The van der Waals surface area contributed by atoms with E-state index >= 15 is 0 Å². The van der Waals surface area contributed by atoms with Crippen molar-refractivity contribution in [1.29, 1.82) is 0 Å². The van der Waals surface area contributed by atoms with E-state index in [-0.39, 0.29) is 15.5 Å². The van der Waals surface area contributed by atoms with Gasteiger partial charge in [-0.25, -0.2) is 12.7 Å². The van der Waals surface area contributed by atoms with Gasteiger partial charge in [0.2, 0.25) is 10.0 Å². The Kier molecular flexibility index (Phi) is 5.35. The van der Waals surface area contributed by atoms with E-state index in [1.807, 2.05) is 0 Å². The molecule has 0 bridgehead atoms. The normalized spacial score (nSPS) is 11.5. The molecular weight excluding hydrogens is 338 g/mol. The van der Waals surface area contributed by atoms with E-state index in [0.717, 1.165) is 9.87 Å². The van der Waals surface area contributed by atoms with Crippen molar-refractivity contribution in [3.05, 3.63) is 58.9 Å². The summed E-state index contributed by atoms with van der Waals surface area (Å²) in [6, 6.07) is 7.60. The molecule has 122 valence electrons. The van der Waals surface area contributed by atoms with Crippen LogP contribution in [-0.4, -0.2) is 37.7 Å².